The predicted octanol–water partition coefficient (Wildman–Crippen LogP) is 2.76. The van der Waals surface area contributed by atoms with Crippen LogP contribution in [0.15, 0.2) is 47.1 Å². The third-order valence-electron chi connectivity index (χ3n) is 4.82. The highest BCUT2D eigenvalue weighted by molar-refractivity contribution is 5.80. The van der Waals surface area contributed by atoms with Crippen LogP contribution in [0.4, 0.5) is 5.82 Å². The molecule has 1 atom stereocenters. The van der Waals surface area contributed by atoms with E-state index >= 15 is 0 Å². The zero-order chi connectivity index (χ0) is 18.6. The van der Waals surface area contributed by atoms with Crippen LogP contribution in [0, 0.1) is 5.92 Å². The van der Waals surface area contributed by atoms with Gasteiger partial charge in [0.05, 0.1) is 36.9 Å². The van der Waals surface area contributed by atoms with Crippen LogP contribution >= 0.6 is 0 Å². The van der Waals surface area contributed by atoms with Gasteiger partial charge in [0.25, 0.3) is 5.88 Å². The fourth-order valence-corrected chi connectivity index (χ4v) is 3.43. The molecule has 0 spiro atoms. The molecule has 1 aromatic carbocycles. The average molecular weight is 366 g/mol. The Labute approximate surface area is 157 Å². The lowest BCUT2D eigenvalue weighted by molar-refractivity contribution is -0.125. The van der Waals surface area contributed by atoms with Crippen molar-refractivity contribution >= 4 is 22.8 Å². The molecule has 3 heterocycles. The summed E-state index contributed by atoms with van der Waals surface area (Å²) < 4.78 is 10.7. The minimum Gasteiger partial charge on any atom is -0.478 e. The number of rotatable bonds is 5. The maximum Gasteiger partial charge on any atom is 0.257 e. The normalized spacial score (nSPS) is 17.1. The van der Waals surface area contributed by atoms with E-state index in [1.807, 2.05) is 36.4 Å². The van der Waals surface area contributed by atoms with Crippen molar-refractivity contribution in [2.24, 2.45) is 5.92 Å². The summed E-state index contributed by atoms with van der Waals surface area (Å²) in [6, 6.07) is 11.4. The van der Waals surface area contributed by atoms with E-state index in [9.17, 15) is 4.79 Å². The number of hydrogen-bond acceptors (Lipinski definition) is 6. The number of anilines is 1. The van der Waals surface area contributed by atoms with E-state index in [0.29, 0.717) is 24.8 Å². The summed E-state index contributed by atoms with van der Waals surface area (Å²) in [6.45, 7) is 1.82. The van der Waals surface area contributed by atoms with Gasteiger partial charge < -0.3 is 19.4 Å². The maximum absolute atomic E-state index is 12.6. The molecule has 1 N–H and O–H groups in total. The summed E-state index contributed by atoms with van der Waals surface area (Å²) >= 11 is 0. The minimum atomic E-state index is -0.105. The molecule has 3 aromatic rings. The van der Waals surface area contributed by atoms with Gasteiger partial charge in [0.1, 0.15) is 5.76 Å². The number of carbonyl (C=O) groups excluding carboxylic acids is 1. The number of hydrogen-bond donors (Lipinski definition) is 1. The van der Waals surface area contributed by atoms with Crippen molar-refractivity contribution in [3.8, 4) is 5.88 Å². The fraction of sp³-hybridized carbons (Fsp3) is 0.350. The summed E-state index contributed by atoms with van der Waals surface area (Å²) in [6.07, 6.45) is 3.37. The molecule has 2 aromatic heterocycles. The first-order valence-corrected chi connectivity index (χ1v) is 9.10. The van der Waals surface area contributed by atoms with Crippen molar-refractivity contribution in [3.05, 3.63) is 48.4 Å². The minimum absolute atomic E-state index is 0.0313. The lowest BCUT2D eigenvalue weighted by Gasteiger charge is -2.33. The number of fused-ring (bicyclic) bond motifs is 1. The van der Waals surface area contributed by atoms with Gasteiger partial charge in [0, 0.05) is 13.1 Å². The van der Waals surface area contributed by atoms with Crippen LogP contribution in [0.2, 0.25) is 0 Å². The smallest absolute Gasteiger partial charge is 0.257 e. The highest BCUT2D eigenvalue weighted by atomic mass is 16.5. The Balaban J connectivity index is 1.50. The van der Waals surface area contributed by atoms with Crippen LogP contribution < -0.4 is 15.0 Å². The fourth-order valence-electron chi connectivity index (χ4n) is 3.43. The molecule has 0 aliphatic carbocycles. The zero-order valence-electron chi connectivity index (χ0n) is 15.2. The molecule has 7 heteroatoms. The third-order valence-corrected chi connectivity index (χ3v) is 4.82. The molecular weight excluding hydrogens is 344 g/mol. The van der Waals surface area contributed by atoms with Crippen molar-refractivity contribution in [1.29, 1.82) is 0 Å². The summed E-state index contributed by atoms with van der Waals surface area (Å²) in [4.78, 5) is 24.0. The van der Waals surface area contributed by atoms with Gasteiger partial charge in [-0.05, 0) is 37.1 Å². The molecule has 1 amide bonds. The Morgan fingerprint density at radius 3 is 2.81 bits per heavy atom. The van der Waals surface area contributed by atoms with E-state index in [1.54, 1.807) is 13.4 Å². The first kappa shape index (κ1) is 17.3. The molecule has 0 radical (unpaired) electrons. The van der Waals surface area contributed by atoms with E-state index in [0.717, 1.165) is 36.2 Å². The molecule has 4 rings (SSSR count). The molecule has 140 valence electrons. The van der Waals surface area contributed by atoms with Gasteiger partial charge in [-0.2, -0.15) is 0 Å². The zero-order valence-corrected chi connectivity index (χ0v) is 15.2. The van der Waals surface area contributed by atoms with Crippen molar-refractivity contribution < 1.29 is 13.9 Å². The first-order valence-electron chi connectivity index (χ1n) is 9.10. The van der Waals surface area contributed by atoms with E-state index < -0.39 is 0 Å². The number of carbonyl (C=O) groups is 1. The molecule has 1 fully saturated rings. The second kappa shape index (κ2) is 7.65. The summed E-state index contributed by atoms with van der Waals surface area (Å²) in [5, 5.41) is 2.96. The molecule has 1 unspecified atom stereocenters. The van der Waals surface area contributed by atoms with E-state index in [-0.39, 0.29) is 11.8 Å². The van der Waals surface area contributed by atoms with Gasteiger partial charge in [-0.25, -0.2) is 9.97 Å². The second-order valence-corrected chi connectivity index (χ2v) is 6.63. The van der Waals surface area contributed by atoms with E-state index in [1.165, 1.54) is 0 Å². The number of benzene rings is 1. The summed E-state index contributed by atoms with van der Waals surface area (Å²) in [7, 11) is 1.60. The van der Waals surface area contributed by atoms with Gasteiger partial charge in [0.2, 0.25) is 5.91 Å². The number of nitrogens with one attached hydrogen (secondary N) is 1. The molecule has 1 saturated heterocycles. The predicted molar refractivity (Wildman–Crippen MR) is 102 cm³/mol. The number of ether oxygens (including phenoxy) is 1. The number of methoxy groups -OCH3 is 1. The lowest BCUT2D eigenvalue weighted by Crippen LogP contribution is -2.43. The largest absolute Gasteiger partial charge is 0.478 e. The number of furan rings is 1. The molecule has 1 aliphatic rings. The summed E-state index contributed by atoms with van der Waals surface area (Å²) in [5.74, 6) is 1.86. The van der Waals surface area contributed by atoms with Crippen LogP contribution in [0.3, 0.4) is 0 Å². The van der Waals surface area contributed by atoms with Crippen LogP contribution in [0.5, 0.6) is 5.88 Å². The highest BCUT2D eigenvalue weighted by Gasteiger charge is 2.28. The Hall–Kier alpha value is -3.09. The van der Waals surface area contributed by atoms with Crippen LogP contribution in [0.1, 0.15) is 18.6 Å². The quantitative estimate of drug-likeness (QED) is 0.748. The molecule has 0 bridgehead atoms. The van der Waals surface area contributed by atoms with Crippen molar-refractivity contribution in [2.75, 3.05) is 25.1 Å². The Bertz CT molecular complexity index is 926. The van der Waals surface area contributed by atoms with Gasteiger partial charge in [-0.15, -0.1) is 0 Å². The Morgan fingerprint density at radius 2 is 2.07 bits per heavy atom. The Kier molecular flexibility index (Phi) is 4.91. The molecule has 27 heavy (non-hydrogen) atoms. The second-order valence-electron chi connectivity index (χ2n) is 6.63. The van der Waals surface area contributed by atoms with Gasteiger partial charge in [0.15, 0.2) is 5.82 Å². The van der Waals surface area contributed by atoms with Gasteiger partial charge >= 0.3 is 0 Å². The SMILES string of the molecule is COc1nc2ccccc2nc1N1CCCC(C(=O)NCc2ccco2)C1. The monoisotopic (exact) mass is 366 g/mol. The van der Waals surface area contributed by atoms with Crippen molar-refractivity contribution in [2.45, 2.75) is 19.4 Å². The molecule has 1 aliphatic heterocycles. The first-order chi connectivity index (χ1) is 13.2. The number of para-hydroxylation sites is 2. The lowest BCUT2D eigenvalue weighted by atomic mass is 9.97. The van der Waals surface area contributed by atoms with Crippen LogP contribution in [-0.2, 0) is 11.3 Å². The van der Waals surface area contributed by atoms with Gasteiger partial charge in [-0.1, -0.05) is 12.1 Å². The van der Waals surface area contributed by atoms with Crippen LogP contribution in [-0.4, -0.2) is 36.1 Å². The highest BCUT2D eigenvalue weighted by Crippen LogP contribution is 2.30. The summed E-state index contributed by atoms with van der Waals surface area (Å²) in [5.41, 5.74) is 1.61. The van der Waals surface area contributed by atoms with Gasteiger partial charge in [-0.3, -0.25) is 4.79 Å². The van der Waals surface area contributed by atoms with Crippen molar-refractivity contribution in [3.63, 3.8) is 0 Å². The number of aromatic nitrogens is 2. The van der Waals surface area contributed by atoms with Crippen LogP contribution in [0.25, 0.3) is 11.0 Å². The molecular formula is C20H22N4O3. The average Bonchev–Trinajstić information content (AvgIpc) is 3.24. The number of nitrogens with zero attached hydrogens (tertiary/aromatic N) is 3. The standard InChI is InChI=1S/C20H22N4O3/c1-26-20-18(22-16-8-2-3-9-17(16)23-20)24-10-4-6-14(13-24)19(25)21-12-15-7-5-11-27-15/h2-3,5,7-9,11,14H,4,6,10,12-13H2,1H3,(H,21,25). The topological polar surface area (TPSA) is 80.5 Å². The van der Waals surface area contributed by atoms with E-state index in [2.05, 4.69) is 15.2 Å². The third kappa shape index (κ3) is 3.72. The Morgan fingerprint density at radius 1 is 1.26 bits per heavy atom. The maximum atomic E-state index is 12.6. The van der Waals surface area contributed by atoms with E-state index in [4.69, 9.17) is 14.1 Å². The number of piperidine rings is 1. The number of amides is 1. The molecule has 7 nitrogen and oxygen atoms in total. The van der Waals surface area contributed by atoms with Crippen molar-refractivity contribution in [1.82, 2.24) is 15.3 Å². The molecule has 0 saturated carbocycles.